The van der Waals surface area contributed by atoms with Crippen molar-refractivity contribution in [3.05, 3.63) is 36.0 Å². The quantitative estimate of drug-likeness (QED) is 0.611. The van der Waals surface area contributed by atoms with Crippen molar-refractivity contribution in [2.75, 3.05) is 25.6 Å². The average molecular weight is 243 g/mol. The molecule has 0 heterocycles. The molecular formula is C13H13N3O2. The van der Waals surface area contributed by atoms with E-state index in [2.05, 4.69) is 5.32 Å². The second kappa shape index (κ2) is 7.72. The first-order valence-electron chi connectivity index (χ1n) is 5.29. The summed E-state index contributed by atoms with van der Waals surface area (Å²) in [7, 11) is 1.61. The van der Waals surface area contributed by atoms with Crippen LogP contribution in [0.25, 0.3) is 0 Å². The summed E-state index contributed by atoms with van der Waals surface area (Å²) >= 11 is 0. The van der Waals surface area contributed by atoms with Gasteiger partial charge in [-0.3, -0.25) is 0 Å². The number of hydrogen-bond acceptors (Lipinski definition) is 5. The Morgan fingerprint density at radius 1 is 1.33 bits per heavy atom. The molecule has 5 nitrogen and oxygen atoms in total. The Balaban J connectivity index is 2.63. The van der Waals surface area contributed by atoms with Gasteiger partial charge in [-0.1, -0.05) is 6.07 Å². The van der Waals surface area contributed by atoms with Crippen LogP contribution in [0.4, 0.5) is 5.69 Å². The highest BCUT2D eigenvalue weighted by Gasteiger charge is 1.96. The van der Waals surface area contributed by atoms with E-state index in [1.165, 1.54) is 6.20 Å². The van der Waals surface area contributed by atoms with Gasteiger partial charge in [-0.25, -0.2) is 0 Å². The highest BCUT2D eigenvalue weighted by molar-refractivity contribution is 5.52. The first-order valence-corrected chi connectivity index (χ1v) is 5.29. The van der Waals surface area contributed by atoms with Crippen LogP contribution >= 0.6 is 0 Å². The van der Waals surface area contributed by atoms with Crippen molar-refractivity contribution in [1.82, 2.24) is 0 Å². The van der Waals surface area contributed by atoms with Crippen molar-refractivity contribution in [3.8, 4) is 17.9 Å². The van der Waals surface area contributed by atoms with Crippen molar-refractivity contribution in [2.24, 2.45) is 0 Å². The van der Waals surface area contributed by atoms with Gasteiger partial charge < -0.3 is 14.8 Å². The van der Waals surface area contributed by atoms with Gasteiger partial charge >= 0.3 is 0 Å². The van der Waals surface area contributed by atoms with E-state index in [-0.39, 0.29) is 5.57 Å². The topological polar surface area (TPSA) is 78.1 Å². The smallest absolute Gasteiger partial charge is 0.145 e. The van der Waals surface area contributed by atoms with Crippen LogP contribution in [0.5, 0.6) is 5.75 Å². The summed E-state index contributed by atoms with van der Waals surface area (Å²) < 4.78 is 10.3. The predicted octanol–water partition coefficient (Wildman–Crippen LogP) is 2.05. The number of allylic oxidation sites excluding steroid dienone is 1. The Morgan fingerprint density at radius 3 is 2.78 bits per heavy atom. The third-order valence-corrected chi connectivity index (χ3v) is 2.01. The zero-order chi connectivity index (χ0) is 13.2. The van der Waals surface area contributed by atoms with Crippen LogP contribution in [0.3, 0.4) is 0 Å². The lowest BCUT2D eigenvalue weighted by molar-refractivity contribution is 0.146. The molecule has 0 bridgehead atoms. The Labute approximate surface area is 106 Å². The van der Waals surface area contributed by atoms with Gasteiger partial charge in [0.25, 0.3) is 0 Å². The number of ether oxygens (including phenoxy) is 2. The minimum absolute atomic E-state index is 0.0145. The van der Waals surface area contributed by atoms with Crippen molar-refractivity contribution < 1.29 is 9.47 Å². The number of hydrogen-bond donors (Lipinski definition) is 1. The summed E-state index contributed by atoms with van der Waals surface area (Å²) in [5.41, 5.74) is 0.758. The van der Waals surface area contributed by atoms with Gasteiger partial charge in [-0.05, 0) is 12.1 Å². The van der Waals surface area contributed by atoms with Crippen LogP contribution in [0.15, 0.2) is 36.0 Å². The summed E-state index contributed by atoms with van der Waals surface area (Å²) in [6.07, 6.45) is 1.36. The largest absolute Gasteiger partial charge is 0.491 e. The molecule has 5 heteroatoms. The predicted molar refractivity (Wildman–Crippen MR) is 66.7 cm³/mol. The zero-order valence-corrected chi connectivity index (χ0v) is 10.0. The van der Waals surface area contributed by atoms with Gasteiger partial charge in [-0.2, -0.15) is 10.5 Å². The fourth-order valence-corrected chi connectivity index (χ4v) is 1.16. The molecular weight excluding hydrogens is 230 g/mol. The number of methoxy groups -OCH3 is 1. The zero-order valence-electron chi connectivity index (χ0n) is 10.0. The van der Waals surface area contributed by atoms with E-state index in [0.717, 1.165) is 5.69 Å². The molecule has 0 radical (unpaired) electrons. The Kier molecular flexibility index (Phi) is 5.82. The maximum Gasteiger partial charge on any atom is 0.145 e. The Bertz CT molecular complexity index is 482. The lowest BCUT2D eigenvalue weighted by atomic mass is 10.3. The van der Waals surface area contributed by atoms with Crippen molar-refractivity contribution in [2.45, 2.75) is 0 Å². The standard InChI is InChI=1S/C13H13N3O2/c1-17-5-6-18-13-4-2-3-12(7-13)16-10-11(8-14)9-15/h2-4,7,10,16H,5-6H2,1H3. The lowest BCUT2D eigenvalue weighted by Crippen LogP contribution is -2.04. The molecule has 0 aromatic heterocycles. The third-order valence-electron chi connectivity index (χ3n) is 2.01. The summed E-state index contributed by atoms with van der Waals surface area (Å²) in [5, 5.41) is 20.0. The highest BCUT2D eigenvalue weighted by atomic mass is 16.5. The molecule has 0 saturated carbocycles. The molecule has 1 aromatic rings. The van der Waals surface area contributed by atoms with Crippen LogP contribution in [-0.4, -0.2) is 20.3 Å². The third kappa shape index (κ3) is 4.56. The number of rotatable bonds is 6. The van der Waals surface area contributed by atoms with Crippen molar-refractivity contribution >= 4 is 5.69 Å². The van der Waals surface area contributed by atoms with Gasteiger partial charge in [0.15, 0.2) is 0 Å². The number of nitrogens with zero attached hydrogens (tertiary/aromatic N) is 2. The molecule has 92 valence electrons. The minimum Gasteiger partial charge on any atom is -0.491 e. The molecule has 0 aliphatic rings. The minimum atomic E-state index is 0.0145. The fraction of sp³-hybridized carbons (Fsp3) is 0.231. The van der Waals surface area contributed by atoms with Crippen LogP contribution in [0, 0.1) is 22.7 Å². The summed E-state index contributed by atoms with van der Waals surface area (Å²) in [6, 6.07) is 10.8. The molecule has 0 spiro atoms. The van der Waals surface area contributed by atoms with Crippen LogP contribution in [-0.2, 0) is 4.74 Å². The first kappa shape index (κ1) is 13.6. The fourth-order valence-electron chi connectivity index (χ4n) is 1.16. The Morgan fingerprint density at radius 2 is 2.11 bits per heavy atom. The maximum atomic E-state index is 8.58. The first-order chi connectivity index (χ1) is 8.80. The molecule has 1 aromatic carbocycles. The molecule has 18 heavy (non-hydrogen) atoms. The van der Waals surface area contributed by atoms with Gasteiger partial charge in [-0.15, -0.1) is 0 Å². The van der Waals surface area contributed by atoms with Crippen molar-refractivity contribution in [1.29, 1.82) is 10.5 Å². The van der Waals surface area contributed by atoms with E-state index in [1.807, 2.05) is 18.2 Å². The monoisotopic (exact) mass is 243 g/mol. The molecule has 1 rings (SSSR count). The SMILES string of the molecule is COCCOc1cccc(NC=C(C#N)C#N)c1. The highest BCUT2D eigenvalue weighted by Crippen LogP contribution is 2.17. The van der Waals surface area contributed by atoms with Gasteiger partial charge in [0.1, 0.15) is 30.1 Å². The molecule has 0 atom stereocenters. The second-order valence-electron chi connectivity index (χ2n) is 3.30. The van der Waals surface area contributed by atoms with Gasteiger partial charge in [0, 0.05) is 25.1 Å². The van der Waals surface area contributed by atoms with Gasteiger partial charge in [0.05, 0.1) is 6.61 Å². The summed E-state index contributed by atoms with van der Waals surface area (Å²) in [4.78, 5) is 0. The van der Waals surface area contributed by atoms with E-state index >= 15 is 0 Å². The van der Waals surface area contributed by atoms with E-state index < -0.39 is 0 Å². The van der Waals surface area contributed by atoms with E-state index in [9.17, 15) is 0 Å². The molecule has 0 fully saturated rings. The summed E-state index contributed by atoms with van der Waals surface area (Å²) in [6.45, 7) is 0.988. The van der Waals surface area contributed by atoms with E-state index in [1.54, 1.807) is 25.3 Å². The number of nitriles is 2. The second-order valence-corrected chi connectivity index (χ2v) is 3.30. The number of benzene rings is 1. The van der Waals surface area contributed by atoms with Crippen LogP contribution in [0.2, 0.25) is 0 Å². The van der Waals surface area contributed by atoms with Crippen LogP contribution < -0.4 is 10.1 Å². The normalized spacial score (nSPS) is 8.83. The van der Waals surface area contributed by atoms with E-state index in [4.69, 9.17) is 20.0 Å². The molecule has 0 aliphatic heterocycles. The molecule has 0 aliphatic carbocycles. The molecule has 0 unspecified atom stereocenters. The van der Waals surface area contributed by atoms with Crippen molar-refractivity contribution in [3.63, 3.8) is 0 Å². The number of anilines is 1. The van der Waals surface area contributed by atoms with Crippen LogP contribution in [0.1, 0.15) is 0 Å². The number of nitrogens with one attached hydrogen (secondary N) is 1. The maximum absolute atomic E-state index is 8.58. The molecule has 0 amide bonds. The van der Waals surface area contributed by atoms with Gasteiger partial charge in [0.2, 0.25) is 0 Å². The molecule has 1 N–H and O–H groups in total. The Hall–Kier alpha value is -2.50. The van der Waals surface area contributed by atoms with E-state index in [0.29, 0.717) is 19.0 Å². The lowest BCUT2D eigenvalue weighted by Gasteiger charge is -2.07. The molecule has 0 saturated heterocycles. The average Bonchev–Trinajstić information content (AvgIpc) is 2.41. The summed E-state index contributed by atoms with van der Waals surface area (Å²) in [5.74, 6) is 0.695.